The van der Waals surface area contributed by atoms with E-state index in [-0.39, 0.29) is 16.8 Å². The zero-order valence-corrected chi connectivity index (χ0v) is 11.2. The summed E-state index contributed by atoms with van der Waals surface area (Å²) in [5.74, 6) is 1.17. The maximum absolute atomic E-state index is 13.1. The smallest absolute Gasteiger partial charge is 0.123 e. The van der Waals surface area contributed by atoms with E-state index in [1.807, 2.05) is 12.1 Å². The molecule has 1 aromatic carbocycles. The van der Waals surface area contributed by atoms with Crippen LogP contribution < -0.4 is 5.73 Å². The predicted molar refractivity (Wildman–Crippen MR) is 71.8 cm³/mol. The van der Waals surface area contributed by atoms with Gasteiger partial charge in [-0.1, -0.05) is 38.8 Å². The molecule has 0 heterocycles. The lowest BCUT2D eigenvalue weighted by atomic mass is 9.74. The summed E-state index contributed by atoms with van der Waals surface area (Å²) in [6.07, 6.45) is 5.18. The van der Waals surface area contributed by atoms with Gasteiger partial charge in [-0.2, -0.15) is 0 Å². The summed E-state index contributed by atoms with van der Waals surface area (Å²) in [5.41, 5.74) is 7.77. The van der Waals surface area contributed by atoms with Gasteiger partial charge in [0.15, 0.2) is 0 Å². The minimum atomic E-state index is -0.172. The first-order valence-corrected chi connectivity index (χ1v) is 7.03. The molecule has 0 spiro atoms. The monoisotopic (exact) mass is 247 g/mol. The molecule has 2 aliphatic carbocycles. The third-order valence-corrected chi connectivity index (χ3v) is 5.53. The van der Waals surface area contributed by atoms with Crippen LogP contribution in [0.5, 0.6) is 0 Å². The molecule has 1 aromatic rings. The van der Waals surface area contributed by atoms with Crippen LogP contribution in [0.3, 0.4) is 0 Å². The van der Waals surface area contributed by atoms with Crippen molar-refractivity contribution in [3.05, 3.63) is 35.6 Å². The second-order valence-electron chi connectivity index (χ2n) is 6.56. The van der Waals surface area contributed by atoms with E-state index in [0.29, 0.717) is 11.8 Å². The van der Waals surface area contributed by atoms with E-state index in [2.05, 4.69) is 13.8 Å². The second kappa shape index (κ2) is 3.80. The van der Waals surface area contributed by atoms with Crippen molar-refractivity contribution in [2.45, 2.75) is 50.5 Å². The van der Waals surface area contributed by atoms with Crippen LogP contribution in [0, 0.1) is 17.7 Å². The lowest BCUT2D eigenvalue weighted by molar-refractivity contribution is 0.347. The summed E-state index contributed by atoms with van der Waals surface area (Å²) in [6.45, 7) is 4.44. The Balaban J connectivity index is 1.93. The van der Waals surface area contributed by atoms with E-state index >= 15 is 0 Å². The highest BCUT2D eigenvalue weighted by Gasteiger charge is 2.68. The largest absolute Gasteiger partial charge is 0.324 e. The Labute approximate surface area is 109 Å². The quantitative estimate of drug-likeness (QED) is 0.848. The average molecular weight is 247 g/mol. The highest BCUT2D eigenvalue weighted by atomic mass is 19.1. The number of hydrogen-bond donors (Lipinski definition) is 1. The highest BCUT2D eigenvalue weighted by Crippen LogP contribution is 2.64. The molecule has 98 valence electrons. The molecule has 0 saturated heterocycles. The number of benzene rings is 1. The third-order valence-electron chi connectivity index (χ3n) is 5.53. The van der Waals surface area contributed by atoms with E-state index in [0.717, 1.165) is 0 Å². The summed E-state index contributed by atoms with van der Waals surface area (Å²) >= 11 is 0. The van der Waals surface area contributed by atoms with Gasteiger partial charge in [0.25, 0.3) is 0 Å². The zero-order valence-electron chi connectivity index (χ0n) is 11.2. The van der Waals surface area contributed by atoms with Crippen LogP contribution in [-0.4, -0.2) is 5.54 Å². The zero-order chi connectivity index (χ0) is 13.0. The molecule has 2 saturated carbocycles. The van der Waals surface area contributed by atoms with E-state index in [9.17, 15) is 4.39 Å². The Bertz CT molecular complexity index is 437. The van der Waals surface area contributed by atoms with Gasteiger partial charge in [-0.15, -0.1) is 0 Å². The summed E-state index contributed by atoms with van der Waals surface area (Å²) in [7, 11) is 0. The Hall–Kier alpha value is -0.890. The summed E-state index contributed by atoms with van der Waals surface area (Å²) in [6, 6.07) is 6.89. The van der Waals surface area contributed by atoms with Crippen LogP contribution in [0.4, 0.5) is 4.39 Å². The second-order valence-corrected chi connectivity index (χ2v) is 6.56. The molecule has 0 bridgehead atoms. The molecule has 2 N–H and O–H groups in total. The number of fused-ring (bicyclic) bond motifs is 1. The molecule has 1 nitrogen and oxygen atoms in total. The topological polar surface area (TPSA) is 26.0 Å². The molecule has 2 fully saturated rings. The van der Waals surface area contributed by atoms with Crippen LogP contribution in [0.15, 0.2) is 24.3 Å². The van der Waals surface area contributed by atoms with Crippen molar-refractivity contribution >= 4 is 0 Å². The molecule has 2 aliphatic rings. The number of hydrogen-bond acceptors (Lipinski definition) is 1. The van der Waals surface area contributed by atoms with Crippen molar-refractivity contribution in [2.24, 2.45) is 17.6 Å². The summed E-state index contributed by atoms with van der Waals surface area (Å²) in [4.78, 5) is 0. The first-order valence-electron chi connectivity index (χ1n) is 7.03. The van der Waals surface area contributed by atoms with E-state index in [4.69, 9.17) is 5.73 Å². The predicted octanol–water partition coefficient (Wildman–Crippen LogP) is 3.62. The Morgan fingerprint density at radius 3 is 2.11 bits per heavy atom. The molecule has 0 radical (unpaired) electrons. The van der Waals surface area contributed by atoms with Gasteiger partial charge < -0.3 is 5.73 Å². The fourth-order valence-corrected chi connectivity index (χ4v) is 4.22. The lowest BCUT2D eigenvalue weighted by Crippen LogP contribution is -2.46. The highest BCUT2D eigenvalue weighted by molar-refractivity contribution is 5.37. The molecule has 0 aliphatic heterocycles. The van der Waals surface area contributed by atoms with Crippen molar-refractivity contribution in [1.29, 1.82) is 0 Å². The van der Waals surface area contributed by atoms with Gasteiger partial charge in [0, 0.05) is 11.0 Å². The van der Waals surface area contributed by atoms with Gasteiger partial charge in [-0.05, 0) is 42.4 Å². The van der Waals surface area contributed by atoms with Gasteiger partial charge in [-0.3, -0.25) is 0 Å². The maximum Gasteiger partial charge on any atom is 0.123 e. The van der Waals surface area contributed by atoms with Gasteiger partial charge in [0.1, 0.15) is 5.82 Å². The van der Waals surface area contributed by atoms with Gasteiger partial charge in [-0.25, -0.2) is 4.39 Å². The van der Waals surface area contributed by atoms with Crippen molar-refractivity contribution in [2.75, 3.05) is 0 Å². The van der Waals surface area contributed by atoms with Gasteiger partial charge in [0.2, 0.25) is 0 Å². The van der Waals surface area contributed by atoms with Gasteiger partial charge in [0.05, 0.1) is 0 Å². The molecule has 18 heavy (non-hydrogen) atoms. The molecule has 2 heteroatoms. The van der Waals surface area contributed by atoms with E-state index in [1.165, 1.54) is 31.2 Å². The third kappa shape index (κ3) is 1.48. The SMILES string of the molecule is CC(C)(c1ccc(F)cc1)C1(N)C2CCCCC21. The Morgan fingerprint density at radius 2 is 1.61 bits per heavy atom. The Morgan fingerprint density at radius 1 is 1.11 bits per heavy atom. The fourth-order valence-electron chi connectivity index (χ4n) is 4.22. The standard InChI is InChI=1S/C16H22FN/c1-15(2,11-7-9-12(17)10-8-11)16(18)13-5-3-4-6-14(13)16/h7-10,13-14H,3-6,18H2,1-2H3. The molecule has 0 amide bonds. The minimum absolute atomic E-state index is 0.0691. The summed E-state index contributed by atoms with van der Waals surface area (Å²) < 4.78 is 13.1. The van der Waals surface area contributed by atoms with E-state index < -0.39 is 0 Å². The first-order chi connectivity index (χ1) is 8.48. The van der Waals surface area contributed by atoms with Crippen molar-refractivity contribution in [3.63, 3.8) is 0 Å². The van der Waals surface area contributed by atoms with Crippen molar-refractivity contribution in [1.82, 2.24) is 0 Å². The number of halogens is 1. The molecular weight excluding hydrogens is 225 g/mol. The lowest BCUT2D eigenvalue weighted by Gasteiger charge is -2.34. The van der Waals surface area contributed by atoms with E-state index in [1.54, 1.807) is 12.1 Å². The van der Waals surface area contributed by atoms with Crippen LogP contribution in [0.2, 0.25) is 0 Å². The van der Waals surface area contributed by atoms with Crippen LogP contribution >= 0.6 is 0 Å². The van der Waals surface area contributed by atoms with Crippen molar-refractivity contribution < 1.29 is 4.39 Å². The van der Waals surface area contributed by atoms with Crippen molar-refractivity contribution in [3.8, 4) is 0 Å². The number of rotatable bonds is 2. The Kier molecular flexibility index (Phi) is 2.57. The number of nitrogens with two attached hydrogens (primary N) is 1. The van der Waals surface area contributed by atoms with Gasteiger partial charge >= 0.3 is 0 Å². The maximum atomic E-state index is 13.1. The molecular formula is C16H22FN. The molecule has 0 aromatic heterocycles. The summed E-state index contributed by atoms with van der Waals surface area (Å²) in [5, 5.41) is 0. The molecule has 3 rings (SSSR count). The van der Waals surface area contributed by atoms with Crippen LogP contribution in [-0.2, 0) is 5.41 Å². The minimum Gasteiger partial charge on any atom is -0.324 e. The van der Waals surface area contributed by atoms with Crippen LogP contribution in [0.1, 0.15) is 45.1 Å². The van der Waals surface area contributed by atoms with Crippen LogP contribution in [0.25, 0.3) is 0 Å². The first kappa shape index (κ1) is 12.2. The molecule has 2 atom stereocenters. The molecule has 2 unspecified atom stereocenters. The average Bonchev–Trinajstić information content (AvgIpc) is 2.99. The fraction of sp³-hybridized carbons (Fsp3) is 0.625. The normalized spacial score (nSPS) is 35.1.